The van der Waals surface area contributed by atoms with Crippen LogP contribution in [0.1, 0.15) is 20.3 Å². The lowest BCUT2D eigenvalue weighted by Gasteiger charge is -2.15. The molecule has 0 atom stereocenters. The molecule has 7 nitrogen and oxygen atoms in total. The number of hydrogen-bond donors (Lipinski definition) is 3. The van der Waals surface area contributed by atoms with E-state index in [1.807, 2.05) is 24.3 Å². The third kappa shape index (κ3) is 6.14. The first kappa shape index (κ1) is 20.0. The van der Waals surface area contributed by atoms with E-state index in [4.69, 9.17) is 0 Å². The SMILES string of the molecule is CCC(=O)Nc1cccc(NC(=O)CNc2ccc(N(C)C(C)=O)cc2)c1. The minimum Gasteiger partial charge on any atom is -0.376 e. The summed E-state index contributed by atoms with van der Waals surface area (Å²) < 4.78 is 0. The van der Waals surface area contributed by atoms with E-state index in [1.165, 1.54) is 6.92 Å². The largest absolute Gasteiger partial charge is 0.376 e. The normalized spacial score (nSPS) is 10.0. The second-order valence-corrected chi connectivity index (χ2v) is 6.01. The predicted octanol–water partition coefficient (Wildman–Crippen LogP) is 3.07. The first-order valence-corrected chi connectivity index (χ1v) is 8.67. The second kappa shape index (κ2) is 9.38. The zero-order valence-corrected chi connectivity index (χ0v) is 15.7. The molecule has 2 aromatic carbocycles. The summed E-state index contributed by atoms with van der Waals surface area (Å²) in [5, 5.41) is 8.57. The van der Waals surface area contributed by atoms with Crippen LogP contribution in [0.25, 0.3) is 0 Å². The van der Waals surface area contributed by atoms with Gasteiger partial charge in [0.15, 0.2) is 0 Å². The average Bonchev–Trinajstić information content (AvgIpc) is 2.66. The zero-order valence-electron chi connectivity index (χ0n) is 15.7. The third-order valence-corrected chi connectivity index (χ3v) is 3.93. The Hall–Kier alpha value is -3.35. The van der Waals surface area contributed by atoms with Crippen LogP contribution in [-0.2, 0) is 14.4 Å². The van der Waals surface area contributed by atoms with Crippen molar-refractivity contribution < 1.29 is 14.4 Å². The Labute approximate surface area is 158 Å². The van der Waals surface area contributed by atoms with Crippen molar-refractivity contribution in [2.24, 2.45) is 0 Å². The summed E-state index contributed by atoms with van der Waals surface area (Å²) >= 11 is 0. The molecule has 0 unspecified atom stereocenters. The van der Waals surface area contributed by atoms with Crippen molar-refractivity contribution in [1.82, 2.24) is 0 Å². The molecule has 0 fully saturated rings. The number of nitrogens with zero attached hydrogens (tertiary/aromatic N) is 1. The Balaban J connectivity index is 1.88. The number of anilines is 4. The molecule has 0 saturated heterocycles. The van der Waals surface area contributed by atoms with Crippen molar-refractivity contribution in [3.63, 3.8) is 0 Å². The van der Waals surface area contributed by atoms with Gasteiger partial charge in [0, 0.05) is 43.1 Å². The van der Waals surface area contributed by atoms with Crippen LogP contribution in [-0.4, -0.2) is 31.3 Å². The molecule has 2 aromatic rings. The van der Waals surface area contributed by atoms with Crippen molar-refractivity contribution in [3.05, 3.63) is 48.5 Å². The number of amides is 3. The summed E-state index contributed by atoms with van der Waals surface area (Å²) in [6, 6.07) is 14.2. The van der Waals surface area contributed by atoms with Crippen LogP contribution in [0.15, 0.2) is 48.5 Å². The van der Waals surface area contributed by atoms with Gasteiger partial charge in [0.25, 0.3) is 0 Å². The molecular weight excluding hydrogens is 344 g/mol. The molecule has 0 heterocycles. The zero-order chi connectivity index (χ0) is 19.8. The fraction of sp³-hybridized carbons (Fsp3) is 0.250. The molecule has 0 saturated carbocycles. The van der Waals surface area contributed by atoms with Crippen LogP contribution in [0.4, 0.5) is 22.7 Å². The maximum absolute atomic E-state index is 12.1. The summed E-state index contributed by atoms with van der Waals surface area (Å²) in [5.41, 5.74) is 2.80. The Kier molecular flexibility index (Phi) is 6.93. The first-order valence-electron chi connectivity index (χ1n) is 8.67. The highest BCUT2D eigenvalue weighted by molar-refractivity contribution is 5.96. The Morgan fingerprint density at radius 3 is 2.04 bits per heavy atom. The van der Waals surface area contributed by atoms with Gasteiger partial charge in [0.2, 0.25) is 17.7 Å². The van der Waals surface area contributed by atoms with E-state index in [1.54, 1.807) is 43.1 Å². The highest BCUT2D eigenvalue weighted by Gasteiger charge is 2.07. The summed E-state index contributed by atoms with van der Waals surface area (Å²) in [6.45, 7) is 3.37. The molecule has 0 aromatic heterocycles. The molecule has 27 heavy (non-hydrogen) atoms. The summed E-state index contributed by atoms with van der Waals surface area (Å²) in [6.07, 6.45) is 0.390. The van der Waals surface area contributed by atoms with E-state index in [2.05, 4.69) is 16.0 Å². The monoisotopic (exact) mass is 368 g/mol. The van der Waals surface area contributed by atoms with Gasteiger partial charge in [-0.1, -0.05) is 13.0 Å². The number of carbonyl (C=O) groups excluding carboxylic acids is 3. The third-order valence-electron chi connectivity index (χ3n) is 3.93. The van der Waals surface area contributed by atoms with Gasteiger partial charge in [-0.3, -0.25) is 14.4 Å². The van der Waals surface area contributed by atoms with Crippen LogP contribution in [0.5, 0.6) is 0 Å². The van der Waals surface area contributed by atoms with Crippen LogP contribution >= 0.6 is 0 Å². The lowest BCUT2D eigenvalue weighted by Crippen LogP contribution is -2.23. The second-order valence-electron chi connectivity index (χ2n) is 6.01. The van der Waals surface area contributed by atoms with E-state index in [0.29, 0.717) is 17.8 Å². The van der Waals surface area contributed by atoms with Gasteiger partial charge >= 0.3 is 0 Å². The molecule has 0 aliphatic rings. The van der Waals surface area contributed by atoms with E-state index in [0.717, 1.165) is 11.4 Å². The molecule has 2 rings (SSSR count). The number of carbonyl (C=O) groups is 3. The highest BCUT2D eigenvalue weighted by Crippen LogP contribution is 2.17. The van der Waals surface area contributed by atoms with Crippen LogP contribution in [0, 0.1) is 0 Å². The molecule has 3 amide bonds. The molecule has 0 aliphatic carbocycles. The average molecular weight is 368 g/mol. The fourth-order valence-electron chi connectivity index (χ4n) is 2.30. The molecule has 0 radical (unpaired) electrons. The molecule has 0 aliphatic heterocycles. The Bertz CT molecular complexity index is 818. The topological polar surface area (TPSA) is 90.5 Å². The summed E-state index contributed by atoms with van der Waals surface area (Å²) in [4.78, 5) is 36.5. The molecule has 0 spiro atoms. The van der Waals surface area contributed by atoms with Crippen LogP contribution in [0.2, 0.25) is 0 Å². The number of benzene rings is 2. The Morgan fingerprint density at radius 1 is 0.889 bits per heavy atom. The van der Waals surface area contributed by atoms with Gasteiger partial charge < -0.3 is 20.9 Å². The van der Waals surface area contributed by atoms with Gasteiger partial charge in [-0.15, -0.1) is 0 Å². The van der Waals surface area contributed by atoms with Gasteiger partial charge in [0.05, 0.1) is 6.54 Å². The van der Waals surface area contributed by atoms with Crippen molar-refractivity contribution in [3.8, 4) is 0 Å². The minimum absolute atomic E-state index is 0.0487. The van der Waals surface area contributed by atoms with Crippen molar-refractivity contribution in [2.45, 2.75) is 20.3 Å². The lowest BCUT2D eigenvalue weighted by molar-refractivity contribution is -0.116. The summed E-state index contributed by atoms with van der Waals surface area (Å²) in [5.74, 6) is -0.342. The van der Waals surface area contributed by atoms with E-state index in [9.17, 15) is 14.4 Å². The standard InChI is InChI=1S/C20H24N4O3/c1-4-19(26)22-16-6-5-7-17(12-16)23-20(27)13-21-15-8-10-18(11-9-15)24(3)14(2)25/h5-12,21H,4,13H2,1-3H3,(H,22,26)(H,23,27). The van der Waals surface area contributed by atoms with Crippen molar-refractivity contribution in [2.75, 3.05) is 34.4 Å². The summed E-state index contributed by atoms with van der Waals surface area (Å²) in [7, 11) is 1.70. The lowest BCUT2D eigenvalue weighted by atomic mass is 10.2. The molecule has 7 heteroatoms. The van der Waals surface area contributed by atoms with E-state index in [-0.39, 0.29) is 24.3 Å². The van der Waals surface area contributed by atoms with E-state index >= 15 is 0 Å². The highest BCUT2D eigenvalue weighted by atomic mass is 16.2. The maximum Gasteiger partial charge on any atom is 0.243 e. The quantitative estimate of drug-likeness (QED) is 0.700. The van der Waals surface area contributed by atoms with Gasteiger partial charge in [-0.2, -0.15) is 0 Å². The first-order chi connectivity index (χ1) is 12.9. The van der Waals surface area contributed by atoms with Crippen LogP contribution in [0.3, 0.4) is 0 Å². The number of nitrogens with one attached hydrogen (secondary N) is 3. The smallest absolute Gasteiger partial charge is 0.243 e. The number of rotatable bonds is 7. The Morgan fingerprint density at radius 2 is 1.48 bits per heavy atom. The minimum atomic E-state index is -0.209. The van der Waals surface area contributed by atoms with Crippen molar-refractivity contribution in [1.29, 1.82) is 0 Å². The maximum atomic E-state index is 12.1. The number of hydrogen-bond acceptors (Lipinski definition) is 4. The van der Waals surface area contributed by atoms with Gasteiger partial charge in [-0.25, -0.2) is 0 Å². The van der Waals surface area contributed by atoms with Gasteiger partial charge in [0.1, 0.15) is 0 Å². The van der Waals surface area contributed by atoms with Crippen LogP contribution < -0.4 is 20.9 Å². The molecule has 142 valence electrons. The van der Waals surface area contributed by atoms with E-state index < -0.39 is 0 Å². The molecular formula is C20H24N4O3. The van der Waals surface area contributed by atoms with Gasteiger partial charge in [-0.05, 0) is 42.5 Å². The molecule has 3 N–H and O–H groups in total. The fourth-order valence-corrected chi connectivity index (χ4v) is 2.30. The predicted molar refractivity (Wildman–Crippen MR) is 108 cm³/mol. The van der Waals surface area contributed by atoms with Crippen molar-refractivity contribution >= 4 is 40.5 Å². The molecule has 0 bridgehead atoms.